The molecular formula is C22H22FNO4. The largest absolute Gasteiger partial charge is 0.454 e. The minimum atomic E-state index is -0.327. The van der Waals surface area contributed by atoms with E-state index >= 15 is 0 Å². The van der Waals surface area contributed by atoms with Crippen LogP contribution in [0.1, 0.15) is 24.0 Å². The molecule has 146 valence electrons. The van der Waals surface area contributed by atoms with Gasteiger partial charge in [-0.25, -0.2) is 4.39 Å². The number of rotatable bonds is 5. The number of nitrogens with one attached hydrogen (secondary N) is 1. The highest BCUT2D eigenvalue weighted by molar-refractivity contribution is 5.91. The molecule has 28 heavy (non-hydrogen) atoms. The lowest BCUT2D eigenvalue weighted by molar-refractivity contribution is -0.116. The van der Waals surface area contributed by atoms with Crippen molar-refractivity contribution >= 4 is 12.0 Å². The van der Waals surface area contributed by atoms with Crippen molar-refractivity contribution in [3.05, 3.63) is 65.5 Å². The predicted molar refractivity (Wildman–Crippen MR) is 103 cm³/mol. The summed E-state index contributed by atoms with van der Waals surface area (Å²) < 4.78 is 29.7. The number of ether oxygens (including phenoxy) is 3. The summed E-state index contributed by atoms with van der Waals surface area (Å²) in [6.45, 7) is 2.01. The number of hydrogen-bond donors (Lipinski definition) is 1. The first-order valence-electron chi connectivity index (χ1n) is 9.34. The maximum Gasteiger partial charge on any atom is 0.244 e. The van der Waals surface area contributed by atoms with E-state index in [0.29, 0.717) is 25.3 Å². The van der Waals surface area contributed by atoms with Crippen molar-refractivity contribution in [2.45, 2.75) is 18.3 Å². The van der Waals surface area contributed by atoms with Crippen molar-refractivity contribution in [3.63, 3.8) is 0 Å². The molecule has 4 rings (SSSR count). The van der Waals surface area contributed by atoms with E-state index < -0.39 is 0 Å². The molecule has 2 aromatic carbocycles. The Kier molecular flexibility index (Phi) is 5.30. The Balaban J connectivity index is 1.47. The highest BCUT2D eigenvalue weighted by Crippen LogP contribution is 2.40. The molecule has 2 aliphatic heterocycles. The Morgan fingerprint density at radius 1 is 1.11 bits per heavy atom. The second-order valence-corrected chi connectivity index (χ2v) is 7.07. The molecule has 0 radical (unpaired) electrons. The van der Waals surface area contributed by atoms with E-state index in [1.54, 1.807) is 18.2 Å². The molecule has 2 aliphatic rings. The van der Waals surface area contributed by atoms with Crippen molar-refractivity contribution < 1.29 is 23.4 Å². The summed E-state index contributed by atoms with van der Waals surface area (Å²) in [5, 5.41) is 3.00. The first kappa shape index (κ1) is 18.5. The summed E-state index contributed by atoms with van der Waals surface area (Å²) in [7, 11) is 0. The van der Waals surface area contributed by atoms with Gasteiger partial charge in [0.05, 0.1) is 0 Å². The zero-order valence-electron chi connectivity index (χ0n) is 15.4. The van der Waals surface area contributed by atoms with E-state index in [1.165, 1.54) is 18.2 Å². The van der Waals surface area contributed by atoms with Gasteiger partial charge in [-0.05, 0) is 54.3 Å². The number of amides is 1. The lowest BCUT2D eigenvalue weighted by Crippen LogP contribution is -2.44. The summed E-state index contributed by atoms with van der Waals surface area (Å²) in [4.78, 5) is 12.3. The van der Waals surface area contributed by atoms with E-state index in [2.05, 4.69) is 5.32 Å². The van der Waals surface area contributed by atoms with Crippen LogP contribution >= 0.6 is 0 Å². The number of hydrogen-bond acceptors (Lipinski definition) is 4. The van der Waals surface area contributed by atoms with Crippen LogP contribution in [0.25, 0.3) is 6.08 Å². The Hall–Kier alpha value is -2.86. The van der Waals surface area contributed by atoms with Crippen molar-refractivity contribution in [1.82, 2.24) is 5.32 Å². The van der Waals surface area contributed by atoms with Crippen LogP contribution in [0, 0.1) is 5.82 Å². The van der Waals surface area contributed by atoms with E-state index in [-0.39, 0.29) is 23.9 Å². The summed E-state index contributed by atoms with van der Waals surface area (Å²) in [5.74, 6) is 0.941. The van der Waals surface area contributed by atoms with Gasteiger partial charge in [0.25, 0.3) is 0 Å². The van der Waals surface area contributed by atoms with Crippen LogP contribution in [0.5, 0.6) is 11.5 Å². The van der Waals surface area contributed by atoms with Gasteiger partial charge in [-0.3, -0.25) is 4.79 Å². The zero-order chi connectivity index (χ0) is 19.4. The Labute approximate surface area is 163 Å². The van der Waals surface area contributed by atoms with Gasteiger partial charge in [0, 0.05) is 31.2 Å². The molecule has 0 bridgehead atoms. The number of carbonyl (C=O) groups is 1. The highest BCUT2D eigenvalue weighted by atomic mass is 19.1. The third-order valence-electron chi connectivity index (χ3n) is 5.31. The van der Waals surface area contributed by atoms with Gasteiger partial charge in [0.1, 0.15) is 5.82 Å². The number of halogens is 1. The van der Waals surface area contributed by atoms with Gasteiger partial charge in [-0.15, -0.1) is 0 Å². The van der Waals surface area contributed by atoms with Crippen LogP contribution in [-0.2, 0) is 14.9 Å². The Bertz CT molecular complexity index is 890. The fourth-order valence-electron chi connectivity index (χ4n) is 3.65. The molecule has 6 heteroatoms. The van der Waals surface area contributed by atoms with Crippen molar-refractivity contribution in [2.24, 2.45) is 0 Å². The molecule has 0 aromatic heterocycles. The normalized spacial score (nSPS) is 17.6. The summed E-state index contributed by atoms with van der Waals surface area (Å²) in [5.41, 5.74) is 1.53. The molecule has 5 nitrogen and oxygen atoms in total. The highest BCUT2D eigenvalue weighted by Gasteiger charge is 2.35. The first-order valence-corrected chi connectivity index (χ1v) is 9.34. The molecular weight excluding hydrogens is 361 g/mol. The van der Waals surface area contributed by atoms with Gasteiger partial charge in [0.15, 0.2) is 11.5 Å². The van der Waals surface area contributed by atoms with E-state index in [4.69, 9.17) is 14.2 Å². The molecule has 0 aliphatic carbocycles. The van der Waals surface area contributed by atoms with Gasteiger partial charge in [-0.1, -0.05) is 18.2 Å². The molecule has 0 spiro atoms. The van der Waals surface area contributed by atoms with Gasteiger partial charge >= 0.3 is 0 Å². The van der Waals surface area contributed by atoms with Crippen LogP contribution in [0.4, 0.5) is 4.39 Å². The quantitative estimate of drug-likeness (QED) is 0.804. The molecule has 0 unspecified atom stereocenters. The van der Waals surface area contributed by atoms with Crippen LogP contribution < -0.4 is 14.8 Å². The lowest BCUT2D eigenvalue weighted by atomic mass is 9.74. The number of benzene rings is 2. The van der Waals surface area contributed by atoms with Gasteiger partial charge in [0.2, 0.25) is 12.7 Å². The van der Waals surface area contributed by atoms with Crippen LogP contribution in [0.2, 0.25) is 0 Å². The van der Waals surface area contributed by atoms with E-state index in [1.807, 2.05) is 18.2 Å². The standard InChI is InChI=1S/C22H22FNO4/c23-18-3-1-2-16(12-18)4-7-21(25)24-14-22(8-10-26-11-9-22)17-5-6-19-20(13-17)28-15-27-19/h1-7,12-13H,8-11,14-15H2,(H,24,25)/b7-4+. The molecule has 2 heterocycles. The van der Waals surface area contributed by atoms with Gasteiger partial charge < -0.3 is 19.5 Å². The maximum atomic E-state index is 13.2. The topological polar surface area (TPSA) is 56.8 Å². The molecule has 1 amide bonds. The lowest BCUT2D eigenvalue weighted by Gasteiger charge is -2.38. The zero-order valence-corrected chi connectivity index (χ0v) is 15.4. The molecule has 1 fully saturated rings. The molecule has 0 saturated carbocycles. The predicted octanol–water partition coefficient (Wildman–Crippen LogP) is 3.43. The summed E-state index contributed by atoms with van der Waals surface area (Å²) in [6, 6.07) is 12.1. The molecule has 0 atom stereocenters. The molecule has 1 N–H and O–H groups in total. The summed E-state index contributed by atoms with van der Waals surface area (Å²) >= 11 is 0. The monoisotopic (exact) mass is 383 g/mol. The van der Waals surface area contributed by atoms with Crippen LogP contribution in [0.3, 0.4) is 0 Å². The minimum absolute atomic E-state index is 0.212. The average molecular weight is 383 g/mol. The smallest absolute Gasteiger partial charge is 0.244 e. The van der Waals surface area contributed by atoms with Crippen molar-refractivity contribution in [1.29, 1.82) is 0 Å². The fraction of sp³-hybridized carbons (Fsp3) is 0.318. The van der Waals surface area contributed by atoms with Crippen LogP contribution in [-0.4, -0.2) is 32.5 Å². The first-order chi connectivity index (χ1) is 13.6. The molecule has 1 saturated heterocycles. The average Bonchev–Trinajstić information content (AvgIpc) is 3.19. The third-order valence-corrected chi connectivity index (χ3v) is 5.31. The Morgan fingerprint density at radius 3 is 2.75 bits per heavy atom. The second kappa shape index (κ2) is 8.02. The van der Waals surface area contributed by atoms with Crippen molar-refractivity contribution in [2.75, 3.05) is 26.6 Å². The molecule has 2 aromatic rings. The fourth-order valence-corrected chi connectivity index (χ4v) is 3.65. The van der Waals surface area contributed by atoms with Gasteiger partial charge in [-0.2, -0.15) is 0 Å². The number of fused-ring (bicyclic) bond motifs is 1. The maximum absolute atomic E-state index is 13.2. The summed E-state index contributed by atoms with van der Waals surface area (Å²) in [6.07, 6.45) is 4.65. The van der Waals surface area contributed by atoms with Crippen LogP contribution in [0.15, 0.2) is 48.5 Å². The SMILES string of the molecule is O=C(/C=C/c1cccc(F)c1)NCC1(c2ccc3c(c2)OCO3)CCOCC1. The minimum Gasteiger partial charge on any atom is -0.454 e. The van der Waals surface area contributed by atoms with E-state index in [0.717, 1.165) is 29.9 Å². The Morgan fingerprint density at radius 2 is 1.93 bits per heavy atom. The third kappa shape index (κ3) is 4.02. The second-order valence-electron chi connectivity index (χ2n) is 7.07. The van der Waals surface area contributed by atoms with Crippen molar-refractivity contribution in [3.8, 4) is 11.5 Å². The number of carbonyl (C=O) groups excluding carboxylic acids is 1. The van der Waals surface area contributed by atoms with E-state index in [9.17, 15) is 9.18 Å².